The molecule has 2 N–H and O–H groups in total. The lowest BCUT2D eigenvalue weighted by Gasteiger charge is -2.28. The van der Waals surface area contributed by atoms with Gasteiger partial charge in [0, 0.05) is 12.0 Å². The summed E-state index contributed by atoms with van der Waals surface area (Å²) in [5.74, 6) is -0.200. The third-order valence-corrected chi connectivity index (χ3v) is 7.09. The van der Waals surface area contributed by atoms with Crippen LogP contribution in [0.4, 0.5) is 0 Å². The summed E-state index contributed by atoms with van der Waals surface area (Å²) in [4.78, 5) is 12.6. The summed E-state index contributed by atoms with van der Waals surface area (Å²) in [7, 11) is 0. The minimum atomic E-state index is -1.08. The highest BCUT2D eigenvalue weighted by Crippen LogP contribution is 2.31. The highest BCUT2D eigenvalue weighted by Gasteiger charge is 2.32. The maximum absolute atomic E-state index is 12.6. The summed E-state index contributed by atoms with van der Waals surface area (Å²) in [5, 5.41) is 21.3. The summed E-state index contributed by atoms with van der Waals surface area (Å²) in [6.07, 6.45) is 25.1. The minimum absolute atomic E-state index is 0.00805. The lowest BCUT2D eigenvalue weighted by atomic mass is 9.82. The van der Waals surface area contributed by atoms with Gasteiger partial charge in [-0.3, -0.25) is 4.79 Å². The van der Waals surface area contributed by atoms with Crippen LogP contribution in [0.3, 0.4) is 0 Å². The highest BCUT2D eigenvalue weighted by atomic mass is 16.3. The largest absolute Gasteiger partial charge is 0.507 e. The van der Waals surface area contributed by atoms with Gasteiger partial charge in [-0.15, -0.1) is 0 Å². The van der Waals surface area contributed by atoms with E-state index < -0.39 is 5.60 Å². The fraction of sp³-hybridized carbons (Fsp3) is 0.645. The van der Waals surface area contributed by atoms with Gasteiger partial charge in [0.05, 0.1) is 11.2 Å². The summed E-state index contributed by atoms with van der Waals surface area (Å²) in [6, 6.07) is 9.09. The number of Topliss-reactive ketones (excluding diaryl/α,β-unsaturated/α-hetero) is 1. The molecule has 0 radical (unpaired) electrons. The van der Waals surface area contributed by atoms with Gasteiger partial charge < -0.3 is 10.2 Å². The molecule has 1 aromatic carbocycles. The Morgan fingerprint density at radius 2 is 1.24 bits per heavy atom. The molecular weight excluding hydrogens is 420 g/mol. The SMILES string of the molecule is CCCCCCCCCCCCCCCCCCC1(O)C=CC(=C(O)c2ccccc2)C(=O)C1. The zero-order valence-electron chi connectivity index (χ0n) is 21.6. The first-order valence-electron chi connectivity index (χ1n) is 14.0. The lowest BCUT2D eigenvalue weighted by molar-refractivity contribution is -0.119. The van der Waals surface area contributed by atoms with Gasteiger partial charge in [-0.05, 0) is 12.5 Å². The average Bonchev–Trinajstić information content (AvgIpc) is 2.84. The molecule has 0 bridgehead atoms. The Bertz CT molecular complexity index is 749. The van der Waals surface area contributed by atoms with E-state index in [1.54, 1.807) is 24.3 Å². The van der Waals surface area contributed by atoms with Crippen LogP contribution in [0.5, 0.6) is 0 Å². The molecule has 190 valence electrons. The normalized spacial score (nSPS) is 19.5. The number of ketones is 1. The van der Waals surface area contributed by atoms with E-state index in [4.69, 9.17) is 0 Å². The van der Waals surface area contributed by atoms with Crippen molar-refractivity contribution in [2.45, 2.75) is 128 Å². The van der Waals surface area contributed by atoms with Crippen LogP contribution in [0.25, 0.3) is 5.76 Å². The molecule has 1 unspecified atom stereocenters. The highest BCUT2D eigenvalue weighted by molar-refractivity contribution is 6.05. The Labute approximate surface area is 208 Å². The van der Waals surface area contributed by atoms with Crippen LogP contribution >= 0.6 is 0 Å². The fourth-order valence-corrected chi connectivity index (χ4v) is 4.88. The Morgan fingerprint density at radius 1 is 0.765 bits per heavy atom. The molecule has 0 aliphatic heterocycles. The molecule has 3 heteroatoms. The maximum atomic E-state index is 12.6. The van der Waals surface area contributed by atoms with Gasteiger partial charge in [0.2, 0.25) is 0 Å². The van der Waals surface area contributed by atoms with Gasteiger partial charge >= 0.3 is 0 Å². The number of hydrogen-bond acceptors (Lipinski definition) is 3. The second kappa shape index (κ2) is 16.7. The predicted molar refractivity (Wildman–Crippen MR) is 144 cm³/mol. The average molecular weight is 469 g/mol. The van der Waals surface area contributed by atoms with E-state index in [9.17, 15) is 15.0 Å². The molecule has 0 saturated heterocycles. The third kappa shape index (κ3) is 11.0. The van der Waals surface area contributed by atoms with Gasteiger partial charge in [-0.2, -0.15) is 0 Å². The molecule has 0 heterocycles. The van der Waals surface area contributed by atoms with Crippen LogP contribution in [0.2, 0.25) is 0 Å². The van der Waals surface area contributed by atoms with Crippen molar-refractivity contribution in [3.8, 4) is 0 Å². The summed E-state index contributed by atoms with van der Waals surface area (Å²) >= 11 is 0. The maximum Gasteiger partial charge on any atom is 0.169 e. The first-order valence-corrected chi connectivity index (χ1v) is 14.0. The summed E-state index contributed by atoms with van der Waals surface area (Å²) in [5.41, 5.74) is -0.158. The van der Waals surface area contributed by atoms with Gasteiger partial charge in [0.25, 0.3) is 0 Å². The molecule has 1 aliphatic carbocycles. The molecule has 2 rings (SSSR count). The van der Waals surface area contributed by atoms with E-state index in [0.29, 0.717) is 17.6 Å². The van der Waals surface area contributed by atoms with Gasteiger partial charge in [0.15, 0.2) is 5.78 Å². The van der Waals surface area contributed by atoms with E-state index in [0.717, 1.165) is 12.8 Å². The molecule has 1 aliphatic rings. The Hall–Kier alpha value is -1.87. The summed E-state index contributed by atoms with van der Waals surface area (Å²) < 4.78 is 0. The third-order valence-electron chi connectivity index (χ3n) is 7.09. The van der Waals surface area contributed by atoms with Gasteiger partial charge in [0.1, 0.15) is 5.76 Å². The number of carbonyl (C=O) groups is 1. The van der Waals surface area contributed by atoms with E-state index in [1.807, 2.05) is 18.2 Å². The number of aliphatic hydroxyl groups excluding tert-OH is 1. The zero-order valence-corrected chi connectivity index (χ0v) is 21.6. The van der Waals surface area contributed by atoms with E-state index >= 15 is 0 Å². The molecule has 3 nitrogen and oxygen atoms in total. The Balaban J connectivity index is 1.50. The van der Waals surface area contributed by atoms with Crippen molar-refractivity contribution in [3.63, 3.8) is 0 Å². The molecule has 0 amide bonds. The van der Waals surface area contributed by atoms with Crippen LogP contribution in [-0.4, -0.2) is 21.6 Å². The van der Waals surface area contributed by atoms with Crippen LogP contribution < -0.4 is 0 Å². The van der Waals surface area contributed by atoms with E-state index in [-0.39, 0.29) is 18.0 Å². The number of hydrogen-bond donors (Lipinski definition) is 2. The van der Waals surface area contributed by atoms with Crippen molar-refractivity contribution in [1.29, 1.82) is 0 Å². The van der Waals surface area contributed by atoms with Crippen molar-refractivity contribution in [1.82, 2.24) is 0 Å². The predicted octanol–water partition coefficient (Wildman–Crippen LogP) is 8.87. The van der Waals surface area contributed by atoms with E-state index in [2.05, 4.69) is 6.92 Å². The molecule has 1 aromatic rings. The molecule has 0 spiro atoms. The van der Waals surface area contributed by atoms with Crippen molar-refractivity contribution >= 4 is 11.5 Å². The minimum Gasteiger partial charge on any atom is -0.507 e. The molecule has 34 heavy (non-hydrogen) atoms. The van der Waals surface area contributed by atoms with Crippen LogP contribution in [0.15, 0.2) is 48.1 Å². The van der Waals surface area contributed by atoms with Crippen LogP contribution in [0, 0.1) is 0 Å². The smallest absolute Gasteiger partial charge is 0.169 e. The number of aliphatic hydroxyl groups is 2. The lowest BCUT2D eigenvalue weighted by Crippen LogP contribution is -2.33. The van der Waals surface area contributed by atoms with Crippen molar-refractivity contribution in [2.24, 2.45) is 0 Å². The quantitative estimate of drug-likeness (QED) is 0.128. The van der Waals surface area contributed by atoms with Crippen LogP contribution in [-0.2, 0) is 4.79 Å². The number of unbranched alkanes of at least 4 members (excludes halogenated alkanes) is 15. The van der Waals surface area contributed by atoms with E-state index in [1.165, 1.54) is 89.9 Å². The first kappa shape index (κ1) is 28.4. The standard InChI is InChI=1S/C31H48O3/c1-2-3-4-5-6-7-8-9-10-11-12-13-14-15-16-20-24-31(34)25-23-28(29(32)26-31)30(33)27-21-18-17-19-22-27/h17-19,21-23,25,33-34H,2-16,20,24,26H2,1H3. The Morgan fingerprint density at radius 3 is 1.71 bits per heavy atom. The van der Waals surface area contributed by atoms with Crippen molar-refractivity contribution in [3.05, 3.63) is 53.6 Å². The fourth-order valence-electron chi connectivity index (χ4n) is 4.88. The van der Waals surface area contributed by atoms with Crippen LogP contribution in [0.1, 0.15) is 128 Å². The zero-order chi connectivity index (χ0) is 24.5. The van der Waals surface area contributed by atoms with Crippen molar-refractivity contribution < 1.29 is 15.0 Å². The topological polar surface area (TPSA) is 57.5 Å². The number of rotatable bonds is 18. The Kier molecular flexibility index (Phi) is 13.9. The molecule has 0 saturated carbocycles. The molecule has 1 atom stereocenters. The summed E-state index contributed by atoms with van der Waals surface area (Å²) in [6.45, 7) is 2.27. The van der Waals surface area contributed by atoms with Crippen molar-refractivity contribution in [2.75, 3.05) is 0 Å². The number of benzene rings is 1. The first-order chi connectivity index (χ1) is 16.6. The monoisotopic (exact) mass is 468 g/mol. The van der Waals surface area contributed by atoms with Gasteiger partial charge in [-0.1, -0.05) is 146 Å². The molecule has 0 fully saturated rings. The van der Waals surface area contributed by atoms with Gasteiger partial charge in [-0.25, -0.2) is 0 Å². The molecule has 0 aromatic heterocycles. The number of carbonyl (C=O) groups excluding carboxylic acids is 1. The second-order valence-electron chi connectivity index (χ2n) is 10.2. The second-order valence-corrected chi connectivity index (χ2v) is 10.2. The number of allylic oxidation sites excluding steroid dienone is 2. The molecular formula is C31H48O3.